The molecule has 0 bridgehead atoms. The molecular formula is C31H30N2O4. The van der Waals surface area contributed by atoms with Gasteiger partial charge in [0.1, 0.15) is 0 Å². The van der Waals surface area contributed by atoms with Crippen LogP contribution < -0.4 is 0 Å². The van der Waals surface area contributed by atoms with Gasteiger partial charge in [0.05, 0.1) is 11.8 Å². The molecule has 6 heteroatoms. The molecule has 0 amide bonds. The second-order valence-corrected chi connectivity index (χ2v) is 9.83. The second kappa shape index (κ2) is 9.28. The van der Waals surface area contributed by atoms with E-state index in [0.29, 0.717) is 0 Å². The van der Waals surface area contributed by atoms with E-state index in [0.717, 1.165) is 61.0 Å². The van der Waals surface area contributed by atoms with E-state index in [2.05, 4.69) is 22.1 Å². The van der Waals surface area contributed by atoms with Gasteiger partial charge in [0.2, 0.25) is 0 Å². The zero-order valence-corrected chi connectivity index (χ0v) is 21.3. The number of benzene rings is 3. The SMILES string of the molecule is Cc1[nH]c2cccc(C(C)C(=O)O)c2c1C(c1ccccc1)c1c(C)[nH]c2cccc(C(C)C(=O)O)c12. The minimum Gasteiger partial charge on any atom is -0.481 e. The van der Waals surface area contributed by atoms with Crippen LogP contribution in [0.5, 0.6) is 0 Å². The van der Waals surface area contributed by atoms with Crippen LogP contribution in [0.25, 0.3) is 21.8 Å². The Morgan fingerprint density at radius 1 is 0.649 bits per heavy atom. The molecule has 6 nitrogen and oxygen atoms in total. The molecule has 2 aromatic heterocycles. The summed E-state index contributed by atoms with van der Waals surface area (Å²) in [5.41, 5.74) is 8.23. The van der Waals surface area contributed by atoms with Crippen LogP contribution in [0.15, 0.2) is 66.7 Å². The number of carboxylic acids is 2. The van der Waals surface area contributed by atoms with Gasteiger partial charge in [-0.1, -0.05) is 54.6 Å². The van der Waals surface area contributed by atoms with Gasteiger partial charge in [-0.3, -0.25) is 9.59 Å². The number of carboxylic acid groups (broad SMARTS) is 2. The molecule has 0 aliphatic rings. The van der Waals surface area contributed by atoms with Gasteiger partial charge in [-0.05, 0) is 67.6 Å². The molecule has 2 heterocycles. The highest BCUT2D eigenvalue weighted by atomic mass is 16.4. The molecular weight excluding hydrogens is 464 g/mol. The Labute approximate surface area is 215 Å². The number of aliphatic carboxylic acids is 2. The first kappa shape index (κ1) is 24.4. The first-order chi connectivity index (χ1) is 17.7. The summed E-state index contributed by atoms with van der Waals surface area (Å²) >= 11 is 0. The van der Waals surface area contributed by atoms with Crippen molar-refractivity contribution in [3.63, 3.8) is 0 Å². The lowest BCUT2D eigenvalue weighted by Crippen LogP contribution is -2.12. The zero-order valence-electron chi connectivity index (χ0n) is 21.3. The molecule has 0 saturated carbocycles. The number of nitrogens with one attached hydrogen (secondary N) is 2. The summed E-state index contributed by atoms with van der Waals surface area (Å²) in [4.78, 5) is 31.1. The molecule has 0 saturated heterocycles. The maximum absolute atomic E-state index is 12.1. The second-order valence-electron chi connectivity index (χ2n) is 9.83. The number of aromatic nitrogens is 2. The molecule has 4 N–H and O–H groups in total. The number of aryl methyl sites for hydroxylation is 2. The number of rotatable bonds is 7. The van der Waals surface area contributed by atoms with Crippen molar-refractivity contribution in [2.24, 2.45) is 0 Å². The first-order valence-electron chi connectivity index (χ1n) is 12.4. The van der Waals surface area contributed by atoms with Crippen LogP contribution >= 0.6 is 0 Å². The number of carbonyl (C=O) groups is 2. The first-order valence-corrected chi connectivity index (χ1v) is 12.4. The van der Waals surface area contributed by atoms with Crippen molar-refractivity contribution in [1.82, 2.24) is 9.97 Å². The van der Waals surface area contributed by atoms with Crippen LogP contribution in [-0.2, 0) is 9.59 Å². The largest absolute Gasteiger partial charge is 0.481 e. The molecule has 0 aliphatic heterocycles. The Hall–Kier alpha value is -4.32. The fraction of sp³-hybridized carbons (Fsp3) is 0.226. The Morgan fingerprint density at radius 2 is 1.08 bits per heavy atom. The minimum atomic E-state index is -0.880. The van der Waals surface area contributed by atoms with E-state index >= 15 is 0 Å². The number of hydrogen-bond donors (Lipinski definition) is 4. The van der Waals surface area contributed by atoms with E-state index in [1.54, 1.807) is 13.8 Å². The third-order valence-electron chi connectivity index (χ3n) is 7.57. The fourth-order valence-corrected chi connectivity index (χ4v) is 5.70. The zero-order chi connectivity index (χ0) is 26.4. The van der Waals surface area contributed by atoms with Gasteiger partial charge in [0.15, 0.2) is 0 Å². The summed E-state index contributed by atoms with van der Waals surface area (Å²) < 4.78 is 0. The predicted molar refractivity (Wildman–Crippen MR) is 146 cm³/mol. The van der Waals surface area contributed by atoms with Gasteiger partial charge >= 0.3 is 11.9 Å². The Bertz CT molecular complexity index is 1540. The highest BCUT2D eigenvalue weighted by Crippen LogP contribution is 2.45. The van der Waals surface area contributed by atoms with Gasteiger partial charge in [0, 0.05) is 39.1 Å². The van der Waals surface area contributed by atoms with Crippen molar-refractivity contribution in [2.75, 3.05) is 0 Å². The van der Waals surface area contributed by atoms with Crippen LogP contribution in [0.1, 0.15) is 70.8 Å². The normalized spacial score (nSPS) is 14.1. The summed E-state index contributed by atoms with van der Waals surface area (Å²) in [6, 6.07) is 21.6. The monoisotopic (exact) mass is 494 g/mol. The molecule has 0 spiro atoms. The Balaban J connectivity index is 1.92. The van der Waals surface area contributed by atoms with E-state index in [4.69, 9.17) is 0 Å². The van der Waals surface area contributed by atoms with Crippen molar-refractivity contribution >= 4 is 33.7 Å². The van der Waals surface area contributed by atoms with Gasteiger partial charge in [-0.15, -0.1) is 0 Å². The molecule has 0 radical (unpaired) electrons. The molecule has 2 unspecified atom stereocenters. The quantitative estimate of drug-likeness (QED) is 0.199. The molecule has 37 heavy (non-hydrogen) atoms. The smallest absolute Gasteiger partial charge is 0.310 e. The average molecular weight is 495 g/mol. The van der Waals surface area contributed by atoms with Crippen LogP contribution in [0.3, 0.4) is 0 Å². The third-order valence-corrected chi connectivity index (χ3v) is 7.57. The van der Waals surface area contributed by atoms with Crippen molar-refractivity contribution in [2.45, 2.75) is 45.4 Å². The number of aromatic amines is 2. The van der Waals surface area contributed by atoms with E-state index in [-0.39, 0.29) is 5.92 Å². The highest BCUT2D eigenvalue weighted by molar-refractivity contribution is 5.97. The third kappa shape index (κ3) is 3.99. The van der Waals surface area contributed by atoms with E-state index in [9.17, 15) is 19.8 Å². The summed E-state index contributed by atoms with van der Waals surface area (Å²) in [6.45, 7) is 7.46. The van der Waals surface area contributed by atoms with E-state index in [1.165, 1.54) is 0 Å². The van der Waals surface area contributed by atoms with E-state index < -0.39 is 23.8 Å². The summed E-state index contributed by atoms with van der Waals surface area (Å²) in [7, 11) is 0. The standard InChI is InChI=1S/C31H30N2O4/c1-16(30(34)35)21-12-8-14-23-28(21)25(18(3)32-23)27(20-10-6-5-7-11-20)26-19(4)33-24-15-9-13-22(29(24)26)17(2)31(36)37/h5-17,27,32-33H,1-4H3,(H,34,35)(H,36,37). The molecule has 5 rings (SSSR count). The Morgan fingerprint density at radius 3 is 1.49 bits per heavy atom. The number of H-pyrrole nitrogens is 2. The van der Waals surface area contributed by atoms with Crippen LogP contribution in [0, 0.1) is 13.8 Å². The lowest BCUT2D eigenvalue weighted by molar-refractivity contribution is -0.139. The van der Waals surface area contributed by atoms with Gasteiger partial charge in [0.25, 0.3) is 0 Å². The minimum absolute atomic E-state index is 0.256. The van der Waals surface area contributed by atoms with Crippen molar-refractivity contribution < 1.29 is 19.8 Å². The van der Waals surface area contributed by atoms with Crippen molar-refractivity contribution in [3.8, 4) is 0 Å². The molecule has 5 aromatic rings. The van der Waals surface area contributed by atoms with Crippen LogP contribution in [-0.4, -0.2) is 32.1 Å². The molecule has 0 aliphatic carbocycles. The fourth-order valence-electron chi connectivity index (χ4n) is 5.70. The summed E-state index contributed by atoms with van der Waals surface area (Å²) in [5.74, 6) is -3.40. The molecule has 2 atom stereocenters. The predicted octanol–water partition coefficient (Wildman–Crippen LogP) is 6.82. The Kier molecular flexibility index (Phi) is 6.12. The lowest BCUT2D eigenvalue weighted by atomic mass is 9.79. The van der Waals surface area contributed by atoms with Gasteiger partial charge in [-0.2, -0.15) is 0 Å². The lowest BCUT2D eigenvalue weighted by Gasteiger charge is -2.23. The van der Waals surface area contributed by atoms with Crippen LogP contribution in [0.4, 0.5) is 0 Å². The van der Waals surface area contributed by atoms with Gasteiger partial charge < -0.3 is 20.2 Å². The highest BCUT2D eigenvalue weighted by Gasteiger charge is 2.31. The topological polar surface area (TPSA) is 106 Å². The molecule has 0 fully saturated rings. The van der Waals surface area contributed by atoms with Crippen molar-refractivity contribution in [1.29, 1.82) is 0 Å². The molecule has 188 valence electrons. The maximum Gasteiger partial charge on any atom is 0.310 e. The van der Waals surface area contributed by atoms with Crippen LogP contribution in [0.2, 0.25) is 0 Å². The van der Waals surface area contributed by atoms with E-state index in [1.807, 2.05) is 68.4 Å². The number of fused-ring (bicyclic) bond motifs is 2. The summed E-state index contributed by atoms with van der Waals surface area (Å²) in [5, 5.41) is 21.6. The van der Waals surface area contributed by atoms with Crippen molar-refractivity contribution in [3.05, 3.63) is 106 Å². The summed E-state index contributed by atoms with van der Waals surface area (Å²) in [6.07, 6.45) is 0. The number of hydrogen-bond acceptors (Lipinski definition) is 2. The van der Waals surface area contributed by atoms with Gasteiger partial charge in [-0.25, -0.2) is 0 Å². The molecule has 3 aromatic carbocycles. The average Bonchev–Trinajstić information content (AvgIpc) is 3.40. The maximum atomic E-state index is 12.1.